The van der Waals surface area contributed by atoms with Crippen LogP contribution in [0.25, 0.3) is 0 Å². The first kappa shape index (κ1) is 16.7. The second kappa shape index (κ2) is 7.53. The van der Waals surface area contributed by atoms with Gasteiger partial charge < -0.3 is 15.7 Å². The lowest BCUT2D eigenvalue weighted by molar-refractivity contribution is -0.138. The Hall–Kier alpha value is -1.70. The van der Waals surface area contributed by atoms with Crippen LogP contribution in [0.2, 0.25) is 0 Å². The molecule has 22 heavy (non-hydrogen) atoms. The molecule has 7 heteroatoms. The van der Waals surface area contributed by atoms with Gasteiger partial charge in [0.25, 0.3) is 5.91 Å². The summed E-state index contributed by atoms with van der Waals surface area (Å²) >= 11 is 0. The van der Waals surface area contributed by atoms with E-state index in [0.717, 1.165) is 13.0 Å². The van der Waals surface area contributed by atoms with Crippen molar-refractivity contribution in [1.29, 1.82) is 0 Å². The molecule has 1 aliphatic carbocycles. The molecule has 2 aliphatic rings. The van der Waals surface area contributed by atoms with Crippen molar-refractivity contribution >= 4 is 11.8 Å². The molecule has 1 heterocycles. The molecule has 1 saturated heterocycles. The number of hydrogen-bond donors (Lipinski definition) is 5. The van der Waals surface area contributed by atoms with Crippen LogP contribution in [0.15, 0.2) is 24.3 Å². The molecule has 0 aromatic rings. The molecule has 2 rings (SSSR count). The first-order valence-electron chi connectivity index (χ1n) is 7.52. The summed E-state index contributed by atoms with van der Waals surface area (Å²) in [6.07, 6.45) is 8.88. The second-order valence-corrected chi connectivity index (χ2v) is 5.87. The molecule has 1 fully saturated rings. The lowest BCUT2D eigenvalue weighted by Gasteiger charge is -2.22. The van der Waals surface area contributed by atoms with Crippen LogP contribution in [0.5, 0.6) is 0 Å². The minimum absolute atomic E-state index is 0.340. The van der Waals surface area contributed by atoms with Gasteiger partial charge in [-0.15, -0.1) is 0 Å². The van der Waals surface area contributed by atoms with Crippen LogP contribution in [-0.2, 0) is 9.59 Å². The van der Waals surface area contributed by atoms with E-state index in [4.69, 9.17) is 5.21 Å². The van der Waals surface area contributed by atoms with Crippen molar-refractivity contribution in [2.45, 2.75) is 38.0 Å². The van der Waals surface area contributed by atoms with Crippen LogP contribution in [0.1, 0.15) is 19.8 Å². The van der Waals surface area contributed by atoms with Crippen molar-refractivity contribution in [2.24, 2.45) is 11.8 Å². The summed E-state index contributed by atoms with van der Waals surface area (Å²) in [5, 5.41) is 23.8. The predicted octanol–water partition coefficient (Wildman–Crippen LogP) is -0.532. The maximum atomic E-state index is 12.2. The van der Waals surface area contributed by atoms with E-state index in [1.165, 1.54) is 12.4 Å². The van der Waals surface area contributed by atoms with Gasteiger partial charge in [0.1, 0.15) is 6.04 Å². The summed E-state index contributed by atoms with van der Waals surface area (Å²) in [4.78, 5) is 23.7. The molecule has 5 N–H and O–H groups in total. The zero-order chi connectivity index (χ0) is 16.1. The second-order valence-electron chi connectivity index (χ2n) is 5.87. The van der Waals surface area contributed by atoms with Gasteiger partial charge in [-0.25, -0.2) is 5.48 Å². The SMILES string of the molecule is C[C@@H](O)[C@H](NC(=O)[C@@H]1C[C@@H](C2C=CC=CC2)CN1)C(=O)NO. The third-order valence-electron chi connectivity index (χ3n) is 4.27. The van der Waals surface area contributed by atoms with Crippen LogP contribution in [0.4, 0.5) is 0 Å². The van der Waals surface area contributed by atoms with Gasteiger partial charge in [0.05, 0.1) is 12.1 Å². The molecule has 1 unspecified atom stereocenters. The molecule has 5 atom stereocenters. The van der Waals surface area contributed by atoms with Crippen molar-refractivity contribution in [3.63, 3.8) is 0 Å². The minimum Gasteiger partial charge on any atom is -0.391 e. The summed E-state index contributed by atoms with van der Waals surface area (Å²) in [6, 6.07) is -1.56. The van der Waals surface area contributed by atoms with Crippen molar-refractivity contribution in [3.05, 3.63) is 24.3 Å². The van der Waals surface area contributed by atoms with Gasteiger partial charge in [-0.1, -0.05) is 24.3 Å². The zero-order valence-corrected chi connectivity index (χ0v) is 12.5. The van der Waals surface area contributed by atoms with Crippen molar-refractivity contribution in [3.8, 4) is 0 Å². The fourth-order valence-electron chi connectivity index (χ4n) is 2.97. The maximum absolute atomic E-state index is 12.2. The van der Waals surface area contributed by atoms with E-state index >= 15 is 0 Å². The van der Waals surface area contributed by atoms with Crippen molar-refractivity contribution < 1.29 is 19.9 Å². The number of carbonyl (C=O) groups excluding carboxylic acids is 2. The normalized spacial score (nSPS) is 29.9. The van der Waals surface area contributed by atoms with E-state index in [0.29, 0.717) is 18.3 Å². The van der Waals surface area contributed by atoms with Crippen LogP contribution >= 0.6 is 0 Å². The fourth-order valence-corrected chi connectivity index (χ4v) is 2.97. The summed E-state index contributed by atoms with van der Waals surface area (Å²) in [5.41, 5.74) is 1.45. The molecule has 0 radical (unpaired) electrons. The van der Waals surface area contributed by atoms with Crippen LogP contribution in [0.3, 0.4) is 0 Å². The Morgan fingerprint density at radius 1 is 1.36 bits per heavy atom. The molecule has 7 nitrogen and oxygen atoms in total. The van der Waals surface area contributed by atoms with Gasteiger partial charge in [-0.2, -0.15) is 0 Å². The topological polar surface area (TPSA) is 111 Å². The molecule has 0 saturated carbocycles. The van der Waals surface area contributed by atoms with E-state index in [-0.39, 0.29) is 5.91 Å². The van der Waals surface area contributed by atoms with Gasteiger partial charge in [0, 0.05) is 0 Å². The number of aliphatic hydroxyl groups is 1. The number of amides is 2. The Kier molecular flexibility index (Phi) is 5.70. The summed E-state index contributed by atoms with van der Waals surface area (Å²) in [7, 11) is 0. The van der Waals surface area contributed by atoms with Crippen LogP contribution < -0.4 is 16.1 Å². The minimum atomic E-state index is -1.17. The largest absolute Gasteiger partial charge is 0.391 e. The number of allylic oxidation sites excluding steroid dienone is 4. The van der Waals surface area contributed by atoms with Gasteiger partial charge in [0.15, 0.2) is 0 Å². The van der Waals surface area contributed by atoms with E-state index in [9.17, 15) is 14.7 Å². The molecule has 0 bridgehead atoms. The molecule has 2 amide bonds. The standard InChI is InChI=1S/C15H23N3O4/c1-9(19)13(15(21)18-22)17-14(20)12-7-11(8-16-12)10-5-3-2-4-6-10/h2-5,9-13,16,19,22H,6-8H2,1H3,(H,17,20)(H,18,21)/t9-,10?,11-,12+,13+/m1/s1. The Morgan fingerprint density at radius 3 is 2.73 bits per heavy atom. The number of hydrogen-bond acceptors (Lipinski definition) is 5. The van der Waals surface area contributed by atoms with E-state index in [2.05, 4.69) is 22.8 Å². The number of rotatable bonds is 5. The average molecular weight is 309 g/mol. The third kappa shape index (κ3) is 3.94. The van der Waals surface area contributed by atoms with Gasteiger partial charge in [0.2, 0.25) is 5.91 Å². The number of hydroxylamine groups is 1. The highest BCUT2D eigenvalue weighted by atomic mass is 16.5. The Morgan fingerprint density at radius 2 is 2.14 bits per heavy atom. The first-order valence-corrected chi connectivity index (χ1v) is 7.52. The van der Waals surface area contributed by atoms with Gasteiger partial charge in [-0.05, 0) is 38.1 Å². The zero-order valence-electron chi connectivity index (χ0n) is 12.5. The molecule has 1 aliphatic heterocycles. The smallest absolute Gasteiger partial charge is 0.268 e. The molecule has 0 aromatic carbocycles. The van der Waals surface area contributed by atoms with Gasteiger partial charge in [-0.3, -0.25) is 14.8 Å². The average Bonchev–Trinajstić information content (AvgIpc) is 3.02. The highest BCUT2D eigenvalue weighted by Gasteiger charge is 2.35. The van der Waals surface area contributed by atoms with E-state index in [1.54, 1.807) is 0 Å². The lowest BCUT2D eigenvalue weighted by atomic mass is 9.85. The van der Waals surface area contributed by atoms with Crippen molar-refractivity contribution in [1.82, 2.24) is 16.1 Å². The molecule has 0 aromatic heterocycles. The summed E-state index contributed by atoms with van der Waals surface area (Å²) < 4.78 is 0. The molecule has 122 valence electrons. The van der Waals surface area contributed by atoms with E-state index < -0.39 is 24.1 Å². The summed E-state index contributed by atoms with van der Waals surface area (Å²) in [6.45, 7) is 2.12. The van der Waals surface area contributed by atoms with Crippen LogP contribution in [0, 0.1) is 11.8 Å². The molecular weight excluding hydrogens is 286 g/mol. The number of nitrogens with one attached hydrogen (secondary N) is 3. The number of aliphatic hydroxyl groups excluding tert-OH is 1. The molecule has 0 spiro atoms. The van der Waals surface area contributed by atoms with E-state index in [1.807, 2.05) is 12.2 Å². The highest BCUT2D eigenvalue weighted by Crippen LogP contribution is 2.28. The Labute approximate surface area is 129 Å². The monoisotopic (exact) mass is 309 g/mol. The van der Waals surface area contributed by atoms with Crippen molar-refractivity contribution in [2.75, 3.05) is 6.54 Å². The summed E-state index contributed by atoms with van der Waals surface area (Å²) in [5.74, 6) is -0.386. The maximum Gasteiger partial charge on any atom is 0.268 e. The predicted molar refractivity (Wildman–Crippen MR) is 79.8 cm³/mol. The highest BCUT2D eigenvalue weighted by molar-refractivity contribution is 5.89. The fraction of sp³-hybridized carbons (Fsp3) is 0.600. The molecular formula is C15H23N3O4. The lowest BCUT2D eigenvalue weighted by Crippen LogP contribution is -2.55. The quantitative estimate of drug-likeness (QED) is 0.346. The number of carbonyl (C=O) groups is 2. The third-order valence-corrected chi connectivity index (χ3v) is 4.27. The Balaban J connectivity index is 1.89. The first-order chi connectivity index (χ1) is 10.5. The van der Waals surface area contributed by atoms with Crippen LogP contribution in [-0.4, -0.2) is 46.9 Å². The van der Waals surface area contributed by atoms with Gasteiger partial charge >= 0.3 is 0 Å². The Bertz CT molecular complexity index is 475.